The number of nitrogens with zero attached hydrogens (tertiary/aromatic N) is 2. The van der Waals surface area contributed by atoms with E-state index in [0.717, 1.165) is 23.2 Å². The van der Waals surface area contributed by atoms with E-state index in [0.29, 0.717) is 6.54 Å². The van der Waals surface area contributed by atoms with Gasteiger partial charge in [-0.15, -0.1) is 0 Å². The van der Waals surface area contributed by atoms with Crippen molar-refractivity contribution >= 4 is 17.5 Å². The van der Waals surface area contributed by atoms with Crippen LogP contribution in [0.3, 0.4) is 0 Å². The summed E-state index contributed by atoms with van der Waals surface area (Å²) in [7, 11) is 0. The minimum Gasteiger partial charge on any atom is -0.329 e. The van der Waals surface area contributed by atoms with Gasteiger partial charge < -0.3 is 10.2 Å². The molecule has 1 heterocycles. The van der Waals surface area contributed by atoms with Crippen LogP contribution in [0.5, 0.6) is 0 Å². The number of hydrogen-bond donors (Lipinski definition) is 1. The summed E-state index contributed by atoms with van der Waals surface area (Å²) in [6.07, 6.45) is 4.21. The molecule has 0 aliphatic carbocycles. The Morgan fingerprint density at radius 3 is 2.61 bits per heavy atom. The number of rotatable bonds is 6. The number of pyridine rings is 1. The molecule has 0 aliphatic heterocycles. The van der Waals surface area contributed by atoms with Gasteiger partial charge in [0.25, 0.3) is 0 Å². The lowest BCUT2D eigenvalue weighted by molar-refractivity contribution is -0.133. The van der Waals surface area contributed by atoms with Gasteiger partial charge in [-0.25, -0.2) is 0 Å². The SMILES string of the molecule is CCc1ccccc1NC(=O)CN(Cc1cccnc1)C(C)=O. The molecule has 0 unspecified atom stereocenters. The van der Waals surface area contributed by atoms with E-state index in [2.05, 4.69) is 10.3 Å². The lowest BCUT2D eigenvalue weighted by Gasteiger charge is -2.21. The molecule has 0 atom stereocenters. The quantitative estimate of drug-likeness (QED) is 0.892. The van der Waals surface area contributed by atoms with Crippen molar-refractivity contribution in [3.63, 3.8) is 0 Å². The van der Waals surface area contributed by atoms with Crippen molar-refractivity contribution in [1.82, 2.24) is 9.88 Å². The molecule has 5 nitrogen and oxygen atoms in total. The lowest BCUT2D eigenvalue weighted by Crippen LogP contribution is -2.36. The first-order valence-corrected chi connectivity index (χ1v) is 7.62. The van der Waals surface area contributed by atoms with Crippen molar-refractivity contribution < 1.29 is 9.59 Å². The number of hydrogen-bond acceptors (Lipinski definition) is 3. The third-order valence-corrected chi connectivity index (χ3v) is 3.55. The topological polar surface area (TPSA) is 62.3 Å². The van der Waals surface area contributed by atoms with Crippen molar-refractivity contribution in [2.75, 3.05) is 11.9 Å². The molecule has 0 fully saturated rings. The fraction of sp³-hybridized carbons (Fsp3) is 0.278. The Hall–Kier alpha value is -2.69. The number of carbonyl (C=O) groups is 2. The number of benzene rings is 1. The van der Waals surface area contributed by atoms with Crippen LogP contribution in [-0.2, 0) is 22.6 Å². The Morgan fingerprint density at radius 2 is 1.96 bits per heavy atom. The number of nitrogens with one attached hydrogen (secondary N) is 1. The summed E-state index contributed by atoms with van der Waals surface area (Å²) >= 11 is 0. The van der Waals surface area contributed by atoms with Crippen LogP contribution in [0.15, 0.2) is 48.8 Å². The first-order valence-electron chi connectivity index (χ1n) is 7.62. The van der Waals surface area contributed by atoms with E-state index in [4.69, 9.17) is 0 Å². The van der Waals surface area contributed by atoms with E-state index >= 15 is 0 Å². The minimum atomic E-state index is -0.204. The van der Waals surface area contributed by atoms with Crippen molar-refractivity contribution in [2.24, 2.45) is 0 Å². The maximum atomic E-state index is 12.3. The molecular formula is C18H21N3O2. The second kappa shape index (κ2) is 8.08. The molecule has 1 N–H and O–H groups in total. The maximum Gasteiger partial charge on any atom is 0.244 e. The Labute approximate surface area is 136 Å². The first kappa shape index (κ1) is 16.7. The number of para-hydroxylation sites is 1. The summed E-state index contributed by atoms with van der Waals surface area (Å²) in [6.45, 7) is 3.88. The van der Waals surface area contributed by atoms with Gasteiger partial charge in [-0.05, 0) is 29.7 Å². The number of aromatic nitrogens is 1. The molecule has 0 radical (unpaired) electrons. The van der Waals surface area contributed by atoms with E-state index in [9.17, 15) is 9.59 Å². The van der Waals surface area contributed by atoms with E-state index in [-0.39, 0.29) is 18.4 Å². The number of amides is 2. The van der Waals surface area contributed by atoms with Crippen molar-refractivity contribution in [3.05, 3.63) is 59.9 Å². The minimum absolute atomic E-state index is 0.0161. The second-order valence-electron chi connectivity index (χ2n) is 5.30. The average Bonchev–Trinajstić information content (AvgIpc) is 2.55. The van der Waals surface area contributed by atoms with Crippen molar-refractivity contribution in [3.8, 4) is 0 Å². The van der Waals surface area contributed by atoms with Gasteiger partial charge in [-0.1, -0.05) is 31.2 Å². The zero-order chi connectivity index (χ0) is 16.7. The predicted molar refractivity (Wildman–Crippen MR) is 89.8 cm³/mol. The Kier molecular flexibility index (Phi) is 5.86. The fourth-order valence-electron chi connectivity index (χ4n) is 2.30. The molecule has 0 spiro atoms. The number of anilines is 1. The number of aryl methyl sites for hydroxylation is 1. The number of carbonyl (C=O) groups excluding carboxylic acids is 2. The van der Waals surface area contributed by atoms with Gasteiger partial charge in [-0.3, -0.25) is 14.6 Å². The van der Waals surface area contributed by atoms with Gasteiger partial charge in [0.05, 0.1) is 0 Å². The molecule has 0 aliphatic rings. The van der Waals surface area contributed by atoms with Gasteiger partial charge in [-0.2, -0.15) is 0 Å². The molecule has 1 aromatic carbocycles. The standard InChI is InChI=1S/C18H21N3O2/c1-3-16-8-4-5-9-17(16)20-18(23)13-21(14(2)22)12-15-7-6-10-19-11-15/h4-11H,3,12-13H2,1-2H3,(H,20,23). The maximum absolute atomic E-state index is 12.3. The molecule has 2 rings (SSSR count). The summed E-state index contributed by atoms with van der Waals surface area (Å²) in [4.78, 5) is 29.6. The highest BCUT2D eigenvalue weighted by Gasteiger charge is 2.15. The van der Waals surface area contributed by atoms with Gasteiger partial charge in [0, 0.05) is 31.5 Å². The lowest BCUT2D eigenvalue weighted by atomic mass is 10.1. The van der Waals surface area contributed by atoms with Crippen LogP contribution in [0.1, 0.15) is 25.0 Å². The summed E-state index contributed by atoms with van der Waals surface area (Å²) < 4.78 is 0. The zero-order valence-corrected chi connectivity index (χ0v) is 13.5. The van der Waals surface area contributed by atoms with Crippen LogP contribution >= 0.6 is 0 Å². The molecule has 2 aromatic rings. The first-order chi connectivity index (χ1) is 11.1. The van der Waals surface area contributed by atoms with Crippen molar-refractivity contribution in [1.29, 1.82) is 0 Å². The second-order valence-corrected chi connectivity index (χ2v) is 5.30. The largest absolute Gasteiger partial charge is 0.329 e. The monoisotopic (exact) mass is 311 g/mol. The highest BCUT2D eigenvalue weighted by Crippen LogP contribution is 2.15. The van der Waals surface area contributed by atoms with Crippen LogP contribution in [-0.4, -0.2) is 28.2 Å². The van der Waals surface area contributed by atoms with Gasteiger partial charge >= 0.3 is 0 Å². The Morgan fingerprint density at radius 1 is 1.17 bits per heavy atom. The molecule has 120 valence electrons. The highest BCUT2D eigenvalue weighted by molar-refractivity contribution is 5.94. The van der Waals surface area contributed by atoms with Crippen molar-refractivity contribution in [2.45, 2.75) is 26.8 Å². The third kappa shape index (κ3) is 4.92. The molecular weight excluding hydrogens is 290 g/mol. The molecule has 5 heteroatoms. The van der Waals surface area contributed by atoms with E-state index < -0.39 is 0 Å². The van der Waals surface area contributed by atoms with Crippen LogP contribution in [0, 0.1) is 0 Å². The third-order valence-electron chi connectivity index (χ3n) is 3.55. The van der Waals surface area contributed by atoms with E-state index in [1.165, 1.54) is 11.8 Å². The predicted octanol–water partition coefficient (Wildman–Crippen LogP) is 2.63. The molecule has 23 heavy (non-hydrogen) atoms. The van der Waals surface area contributed by atoms with Gasteiger partial charge in [0.2, 0.25) is 11.8 Å². The Bertz CT molecular complexity index is 671. The van der Waals surface area contributed by atoms with Crippen LogP contribution in [0.25, 0.3) is 0 Å². The molecule has 1 aromatic heterocycles. The van der Waals surface area contributed by atoms with Gasteiger partial charge in [0.15, 0.2) is 0 Å². The average molecular weight is 311 g/mol. The normalized spacial score (nSPS) is 10.2. The summed E-state index contributed by atoms with van der Waals surface area (Å²) in [5, 5.41) is 2.88. The van der Waals surface area contributed by atoms with Crippen LogP contribution in [0.2, 0.25) is 0 Å². The highest BCUT2D eigenvalue weighted by atomic mass is 16.2. The smallest absolute Gasteiger partial charge is 0.244 e. The van der Waals surface area contributed by atoms with Gasteiger partial charge in [0.1, 0.15) is 6.54 Å². The summed E-state index contributed by atoms with van der Waals surface area (Å²) in [6, 6.07) is 11.4. The molecule has 0 saturated carbocycles. The summed E-state index contributed by atoms with van der Waals surface area (Å²) in [5.74, 6) is -0.349. The van der Waals surface area contributed by atoms with Crippen LogP contribution in [0.4, 0.5) is 5.69 Å². The zero-order valence-electron chi connectivity index (χ0n) is 13.5. The molecule has 0 bridgehead atoms. The fourth-order valence-corrected chi connectivity index (χ4v) is 2.30. The molecule has 2 amide bonds. The summed E-state index contributed by atoms with van der Waals surface area (Å²) in [5.41, 5.74) is 2.76. The van der Waals surface area contributed by atoms with E-state index in [1.807, 2.05) is 43.3 Å². The van der Waals surface area contributed by atoms with Crippen LogP contribution < -0.4 is 5.32 Å². The Balaban J connectivity index is 2.02. The molecule has 0 saturated heterocycles. The van der Waals surface area contributed by atoms with E-state index in [1.54, 1.807) is 12.4 Å².